The second kappa shape index (κ2) is 7.82. The number of aliphatic hydroxyl groups is 1. The normalized spacial score (nSPS) is 12.5. The highest BCUT2D eigenvalue weighted by molar-refractivity contribution is 5.16. The van der Waals surface area contributed by atoms with Crippen molar-refractivity contribution < 1.29 is 18.8 Å². The molecule has 114 valence electrons. The Hall–Kier alpha value is -1.83. The first-order valence-electron chi connectivity index (χ1n) is 6.64. The molecule has 0 spiro atoms. The minimum Gasteiger partial charge on any atom is -0.389 e. The standard InChI is InChI=1S/C14H18FN3O3/c1-10-17-14(21-18-10)7-16-6-12(19)9-20-8-11-4-2-3-5-13(11)15/h2-5,12,16,19H,6-9H2,1H3. The lowest BCUT2D eigenvalue weighted by Gasteiger charge is -2.11. The molecule has 7 heteroatoms. The first-order valence-corrected chi connectivity index (χ1v) is 6.64. The molecule has 0 aliphatic carbocycles. The number of ether oxygens (including phenoxy) is 1. The number of rotatable bonds is 8. The molecule has 1 atom stereocenters. The van der Waals surface area contributed by atoms with E-state index in [1.165, 1.54) is 6.07 Å². The fraction of sp³-hybridized carbons (Fsp3) is 0.429. The van der Waals surface area contributed by atoms with E-state index >= 15 is 0 Å². The van der Waals surface area contributed by atoms with Gasteiger partial charge in [-0.25, -0.2) is 4.39 Å². The predicted molar refractivity (Wildman–Crippen MR) is 72.8 cm³/mol. The van der Waals surface area contributed by atoms with E-state index in [-0.39, 0.29) is 19.0 Å². The quantitative estimate of drug-likeness (QED) is 0.761. The van der Waals surface area contributed by atoms with Crippen LogP contribution in [0.3, 0.4) is 0 Å². The maximum Gasteiger partial charge on any atom is 0.240 e. The maximum atomic E-state index is 13.3. The summed E-state index contributed by atoms with van der Waals surface area (Å²) in [5.74, 6) is 0.726. The highest BCUT2D eigenvalue weighted by Gasteiger charge is 2.07. The first-order chi connectivity index (χ1) is 10.1. The van der Waals surface area contributed by atoms with Crippen molar-refractivity contribution in [1.29, 1.82) is 0 Å². The van der Waals surface area contributed by atoms with E-state index in [9.17, 15) is 9.50 Å². The highest BCUT2D eigenvalue weighted by Crippen LogP contribution is 2.07. The Balaban J connectivity index is 1.61. The van der Waals surface area contributed by atoms with Crippen LogP contribution in [0.5, 0.6) is 0 Å². The van der Waals surface area contributed by atoms with Crippen molar-refractivity contribution in [3.8, 4) is 0 Å². The SMILES string of the molecule is Cc1noc(CNCC(O)COCc2ccccc2F)n1. The molecule has 0 aliphatic rings. The number of hydrogen-bond donors (Lipinski definition) is 2. The summed E-state index contributed by atoms with van der Waals surface area (Å²) >= 11 is 0. The summed E-state index contributed by atoms with van der Waals surface area (Å²) in [6, 6.07) is 6.39. The van der Waals surface area contributed by atoms with Crippen molar-refractivity contribution in [2.45, 2.75) is 26.2 Å². The van der Waals surface area contributed by atoms with E-state index in [4.69, 9.17) is 9.26 Å². The van der Waals surface area contributed by atoms with Crippen LogP contribution in [0, 0.1) is 12.7 Å². The van der Waals surface area contributed by atoms with Crippen molar-refractivity contribution in [3.05, 3.63) is 47.4 Å². The number of nitrogens with one attached hydrogen (secondary N) is 1. The number of aromatic nitrogens is 2. The lowest BCUT2D eigenvalue weighted by atomic mass is 10.2. The van der Waals surface area contributed by atoms with E-state index in [1.807, 2.05) is 0 Å². The zero-order valence-electron chi connectivity index (χ0n) is 11.8. The molecule has 0 saturated carbocycles. The van der Waals surface area contributed by atoms with Gasteiger partial charge in [0.05, 0.1) is 25.9 Å². The fourth-order valence-electron chi connectivity index (χ4n) is 1.74. The molecule has 0 fully saturated rings. The van der Waals surface area contributed by atoms with Gasteiger partial charge in [0.25, 0.3) is 0 Å². The van der Waals surface area contributed by atoms with Gasteiger partial charge in [-0.3, -0.25) is 0 Å². The predicted octanol–water partition coefficient (Wildman–Crippen LogP) is 1.18. The van der Waals surface area contributed by atoms with Crippen LogP contribution in [-0.4, -0.2) is 34.5 Å². The molecule has 0 amide bonds. The number of aliphatic hydroxyl groups excluding tert-OH is 1. The van der Waals surface area contributed by atoms with Crippen molar-refractivity contribution in [2.24, 2.45) is 0 Å². The molecule has 6 nitrogen and oxygen atoms in total. The van der Waals surface area contributed by atoms with Crippen molar-refractivity contribution >= 4 is 0 Å². The molecule has 0 bridgehead atoms. The van der Waals surface area contributed by atoms with Crippen molar-refractivity contribution in [1.82, 2.24) is 15.5 Å². The topological polar surface area (TPSA) is 80.4 Å². The van der Waals surface area contributed by atoms with E-state index in [0.29, 0.717) is 30.4 Å². The van der Waals surface area contributed by atoms with E-state index in [2.05, 4.69) is 15.5 Å². The third-order valence-electron chi connectivity index (χ3n) is 2.75. The fourth-order valence-corrected chi connectivity index (χ4v) is 1.74. The van der Waals surface area contributed by atoms with Crippen LogP contribution in [0.4, 0.5) is 4.39 Å². The van der Waals surface area contributed by atoms with Gasteiger partial charge in [-0.15, -0.1) is 0 Å². The van der Waals surface area contributed by atoms with Crippen LogP contribution < -0.4 is 5.32 Å². The summed E-state index contributed by atoms with van der Waals surface area (Å²) < 4.78 is 23.5. The molecule has 0 radical (unpaired) electrons. The van der Waals surface area contributed by atoms with Gasteiger partial charge < -0.3 is 19.7 Å². The van der Waals surface area contributed by atoms with Gasteiger partial charge >= 0.3 is 0 Å². The van der Waals surface area contributed by atoms with Crippen molar-refractivity contribution in [3.63, 3.8) is 0 Å². The molecule has 2 aromatic rings. The number of benzene rings is 1. The molecule has 21 heavy (non-hydrogen) atoms. The van der Waals surface area contributed by atoms with Crippen molar-refractivity contribution in [2.75, 3.05) is 13.2 Å². The van der Waals surface area contributed by atoms with Crippen LogP contribution in [0.2, 0.25) is 0 Å². The summed E-state index contributed by atoms with van der Waals surface area (Å²) in [7, 11) is 0. The molecule has 1 aromatic heterocycles. The lowest BCUT2D eigenvalue weighted by Crippen LogP contribution is -2.30. The molecule has 1 aromatic carbocycles. The highest BCUT2D eigenvalue weighted by atomic mass is 19.1. The minimum atomic E-state index is -0.694. The largest absolute Gasteiger partial charge is 0.389 e. The van der Waals surface area contributed by atoms with Gasteiger partial charge in [-0.1, -0.05) is 23.4 Å². The van der Waals surface area contributed by atoms with Crippen LogP contribution in [0.1, 0.15) is 17.3 Å². The zero-order valence-corrected chi connectivity index (χ0v) is 11.8. The summed E-state index contributed by atoms with van der Waals surface area (Å²) in [6.07, 6.45) is -0.694. The molecule has 1 heterocycles. The minimum absolute atomic E-state index is 0.115. The average Bonchev–Trinajstić information content (AvgIpc) is 2.87. The second-order valence-corrected chi connectivity index (χ2v) is 4.63. The Labute approximate surface area is 121 Å². The van der Waals surface area contributed by atoms with Gasteiger partial charge in [0.1, 0.15) is 5.82 Å². The summed E-state index contributed by atoms with van der Waals surface area (Å²) in [5.41, 5.74) is 0.471. The van der Waals surface area contributed by atoms with Crippen LogP contribution >= 0.6 is 0 Å². The Kier molecular flexibility index (Phi) is 5.79. The molecular weight excluding hydrogens is 277 g/mol. The van der Waals surface area contributed by atoms with Crippen LogP contribution in [0.25, 0.3) is 0 Å². The molecule has 0 saturated heterocycles. The van der Waals surface area contributed by atoms with Gasteiger partial charge in [0.2, 0.25) is 5.89 Å². The third kappa shape index (κ3) is 5.22. The molecule has 0 aliphatic heterocycles. The summed E-state index contributed by atoms with van der Waals surface area (Å²) in [4.78, 5) is 4.02. The number of nitrogens with zero attached hydrogens (tertiary/aromatic N) is 2. The van der Waals surface area contributed by atoms with Crippen LogP contribution in [-0.2, 0) is 17.9 Å². The molecule has 1 unspecified atom stereocenters. The Morgan fingerprint density at radius 2 is 2.24 bits per heavy atom. The van der Waals surface area contributed by atoms with Gasteiger partial charge in [-0.2, -0.15) is 4.98 Å². The van der Waals surface area contributed by atoms with Gasteiger partial charge in [0.15, 0.2) is 5.82 Å². The van der Waals surface area contributed by atoms with E-state index in [0.717, 1.165) is 0 Å². The first kappa shape index (κ1) is 15.6. The van der Waals surface area contributed by atoms with Gasteiger partial charge in [0, 0.05) is 12.1 Å². The molecular formula is C14H18FN3O3. The Bertz CT molecular complexity index is 562. The number of aryl methyl sites for hydroxylation is 1. The van der Waals surface area contributed by atoms with Crippen LogP contribution in [0.15, 0.2) is 28.8 Å². The second-order valence-electron chi connectivity index (χ2n) is 4.63. The monoisotopic (exact) mass is 295 g/mol. The molecule has 2 N–H and O–H groups in total. The third-order valence-corrected chi connectivity index (χ3v) is 2.75. The number of halogens is 1. The summed E-state index contributed by atoms with van der Waals surface area (Å²) in [5, 5.41) is 16.4. The van der Waals surface area contributed by atoms with E-state index < -0.39 is 6.10 Å². The van der Waals surface area contributed by atoms with Gasteiger partial charge in [-0.05, 0) is 13.0 Å². The average molecular weight is 295 g/mol. The Morgan fingerprint density at radius 3 is 2.95 bits per heavy atom. The lowest BCUT2D eigenvalue weighted by molar-refractivity contribution is 0.0275. The van der Waals surface area contributed by atoms with E-state index in [1.54, 1.807) is 25.1 Å². The smallest absolute Gasteiger partial charge is 0.240 e. The maximum absolute atomic E-state index is 13.3. The molecule has 2 rings (SSSR count). The Morgan fingerprint density at radius 1 is 1.43 bits per heavy atom. The zero-order chi connectivity index (χ0) is 15.1. The summed E-state index contributed by atoms with van der Waals surface area (Å²) in [6.45, 7) is 2.68. The number of hydrogen-bond acceptors (Lipinski definition) is 6.